The van der Waals surface area contributed by atoms with Crippen LogP contribution in [0.25, 0.3) is 0 Å². The number of halogens is 3. The van der Waals surface area contributed by atoms with E-state index in [1.807, 2.05) is 13.8 Å². The van der Waals surface area contributed by atoms with Crippen molar-refractivity contribution in [3.8, 4) is 11.5 Å². The number of rotatable bonds is 10. The number of ether oxygens (including phenoxy) is 1. The zero-order chi connectivity index (χ0) is 28.7. The minimum atomic E-state index is -0.900. The van der Waals surface area contributed by atoms with Crippen LogP contribution in [0, 0.1) is 17.6 Å². The molecule has 0 atom stereocenters. The van der Waals surface area contributed by atoms with E-state index in [1.165, 1.54) is 55.7 Å². The van der Waals surface area contributed by atoms with Crippen LogP contribution >= 0.6 is 11.6 Å². The lowest BCUT2D eigenvalue weighted by Gasteiger charge is -2.21. The van der Waals surface area contributed by atoms with Crippen molar-refractivity contribution in [1.82, 2.24) is 9.88 Å². The molecule has 0 spiro atoms. The van der Waals surface area contributed by atoms with E-state index in [-0.39, 0.29) is 40.5 Å². The molecule has 0 unspecified atom stereocenters. The molecule has 3 aromatic rings. The summed E-state index contributed by atoms with van der Waals surface area (Å²) in [4.78, 5) is 44.3. The van der Waals surface area contributed by atoms with Gasteiger partial charge in [-0.3, -0.25) is 14.4 Å². The minimum Gasteiger partial charge on any atom is -0.453 e. The largest absolute Gasteiger partial charge is 0.453 e. The molecule has 9 nitrogen and oxygen atoms in total. The number of nitrogens with one attached hydrogen (secondary N) is 1. The highest BCUT2D eigenvalue weighted by molar-refractivity contribution is 6.34. The summed E-state index contributed by atoms with van der Waals surface area (Å²) in [5.41, 5.74) is 5.55. The van der Waals surface area contributed by atoms with Gasteiger partial charge in [0.15, 0.2) is 17.3 Å². The number of nitrogen functional groups attached to an aromatic ring is 1. The van der Waals surface area contributed by atoms with Gasteiger partial charge in [0.25, 0.3) is 11.8 Å². The van der Waals surface area contributed by atoms with Gasteiger partial charge in [0.2, 0.25) is 6.41 Å². The Labute approximate surface area is 228 Å². The molecule has 3 amide bonds. The normalized spacial score (nSPS) is 11.2. The molecule has 0 fully saturated rings. The Morgan fingerprint density at radius 3 is 2.44 bits per heavy atom. The number of aromatic nitrogens is 1. The Hall–Kier alpha value is -4.51. The first-order valence-corrected chi connectivity index (χ1v) is 12.0. The third-order valence-corrected chi connectivity index (χ3v) is 5.67. The van der Waals surface area contributed by atoms with Crippen molar-refractivity contribution in [3.63, 3.8) is 0 Å². The van der Waals surface area contributed by atoms with Crippen LogP contribution in [-0.2, 0) is 14.4 Å². The summed E-state index contributed by atoms with van der Waals surface area (Å²) >= 11 is 6.04. The molecule has 1 heterocycles. The predicted octanol–water partition coefficient (Wildman–Crippen LogP) is 4.99. The fourth-order valence-electron chi connectivity index (χ4n) is 3.39. The molecule has 0 radical (unpaired) electrons. The van der Waals surface area contributed by atoms with Crippen LogP contribution in [0.4, 0.5) is 26.0 Å². The van der Waals surface area contributed by atoms with Gasteiger partial charge in [-0.1, -0.05) is 25.4 Å². The molecule has 0 aliphatic rings. The van der Waals surface area contributed by atoms with Crippen LogP contribution in [0.1, 0.15) is 13.8 Å². The zero-order valence-corrected chi connectivity index (χ0v) is 22.1. The van der Waals surface area contributed by atoms with E-state index >= 15 is 0 Å². The van der Waals surface area contributed by atoms with Gasteiger partial charge in [-0.2, -0.15) is 0 Å². The highest BCUT2D eigenvalue weighted by Crippen LogP contribution is 2.34. The van der Waals surface area contributed by atoms with Crippen molar-refractivity contribution in [2.75, 3.05) is 29.5 Å². The van der Waals surface area contributed by atoms with Crippen LogP contribution in [0.5, 0.6) is 11.5 Å². The second-order valence-corrected chi connectivity index (χ2v) is 9.17. The molecule has 3 N–H and O–H groups in total. The molecule has 0 saturated heterocycles. The molecule has 2 aromatic carbocycles. The van der Waals surface area contributed by atoms with Gasteiger partial charge in [-0.15, -0.1) is 0 Å². The van der Waals surface area contributed by atoms with Gasteiger partial charge >= 0.3 is 0 Å². The fourth-order valence-corrected chi connectivity index (χ4v) is 3.54. The maximum absolute atomic E-state index is 14.8. The number of pyridine rings is 1. The van der Waals surface area contributed by atoms with E-state index in [0.717, 1.165) is 22.1 Å². The predicted molar refractivity (Wildman–Crippen MR) is 144 cm³/mol. The van der Waals surface area contributed by atoms with E-state index in [9.17, 15) is 23.2 Å². The first kappa shape index (κ1) is 29.1. The summed E-state index contributed by atoms with van der Waals surface area (Å²) < 4.78 is 33.7. The number of benzene rings is 2. The molecule has 39 heavy (non-hydrogen) atoms. The molecule has 3 rings (SSSR count). The van der Waals surface area contributed by atoms with Crippen molar-refractivity contribution in [2.45, 2.75) is 13.8 Å². The molecule has 0 aliphatic heterocycles. The van der Waals surface area contributed by atoms with Crippen molar-refractivity contribution >= 4 is 47.0 Å². The number of hydrogen-bond donors (Lipinski definition) is 2. The topological polar surface area (TPSA) is 118 Å². The maximum Gasteiger partial charge on any atom is 0.265 e. The maximum atomic E-state index is 14.8. The number of anilines is 3. The molecule has 0 bridgehead atoms. The highest BCUT2D eigenvalue weighted by Gasteiger charge is 2.25. The lowest BCUT2D eigenvalue weighted by Crippen LogP contribution is -2.35. The number of carbonyl (C=O) groups is 3. The fraction of sp³-hybridized carbons (Fsp3) is 0.185. The SMILES string of the molecule is CC(C)CN(C=O)/C=C(/C(=O)Nc1ccc(Oc2ccnc(N)c2Cl)c(F)c1)C(=O)N(C)c1ccc(F)cc1. The number of nitrogens with zero attached hydrogens (tertiary/aromatic N) is 3. The van der Waals surface area contributed by atoms with Crippen molar-refractivity contribution in [2.24, 2.45) is 5.92 Å². The molecule has 1 aromatic heterocycles. The van der Waals surface area contributed by atoms with Crippen LogP contribution in [0.2, 0.25) is 5.02 Å². The third kappa shape index (κ3) is 7.51. The van der Waals surface area contributed by atoms with Crippen molar-refractivity contribution in [3.05, 3.63) is 83.2 Å². The molecule has 204 valence electrons. The van der Waals surface area contributed by atoms with E-state index in [1.54, 1.807) is 0 Å². The van der Waals surface area contributed by atoms with E-state index < -0.39 is 29.0 Å². The monoisotopic (exact) mass is 557 g/mol. The van der Waals surface area contributed by atoms with Crippen molar-refractivity contribution in [1.29, 1.82) is 0 Å². The standard InChI is InChI=1S/C27H26ClF2N5O4/c1-16(2)13-35(15-36)14-20(27(38)34(3)19-7-4-17(29)5-8-19)26(37)33-18-6-9-22(21(30)12-18)39-23-10-11-32-25(31)24(23)28/h4-12,14-16H,13H2,1-3H3,(H2,31,32)(H,33,37)/b20-14-. The van der Waals surface area contributed by atoms with Crippen LogP contribution in [0.3, 0.4) is 0 Å². The Balaban J connectivity index is 1.88. The Morgan fingerprint density at radius 2 is 1.82 bits per heavy atom. The smallest absolute Gasteiger partial charge is 0.265 e. The second kappa shape index (κ2) is 12.8. The van der Waals surface area contributed by atoms with Crippen LogP contribution < -0.4 is 20.7 Å². The summed E-state index contributed by atoms with van der Waals surface area (Å²) in [5, 5.41) is 2.47. The lowest BCUT2D eigenvalue weighted by atomic mass is 10.1. The summed E-state index contributed by atoms with van der Waals surface area (Å²) in [6, 6.07) is 10.1. The van der Waals surface area contributed by atoms with E-state index in [2.05, 4.69) is 10.3 Å². The first-order valence-electron chi connectivity index (χ1n) is 11.6. The third-order valence-electron chi connectivity index (χ3n) is 5.29. The summed E-state index contributed by atoms with van der Waals surface area (Å²) in [5.74, 6) is -3.09. The quantitative estimate of drug-likeness (QED) is 0.157. The molecular weight excluding hydrogens is 532 g/mol. The van der Waals surface area contributed by atoms with Crippen LogP contribution in [0.15, 0.2) is 66.5 Å². The molecule has 12 heteroatoms. The Morgan fingerprint density at radius 1 is 1.13 bits per heavy atom. The molecule has 0 saturated carbocycles. The van der Waals surface area contributed by atoms with E-state index in [0.29, 0.717) is 12.1 Å². The van der Waals surface area contributed by atoms with Gasteiger partial charge in [-0.05, 0) is 42.3 Å². The number of likely N-dealkylation sites (N-methyl/N-ethyl adjacent to an activating group) is 1. The van der Waals surface area contributed by atoms with Gasteiger partial charge in [0, 0.05) is 49.5 Å². The molecular formula is C27H26ClF2N5O4. The average Bonchev–Trinajstić information content (AvgIpc) is 2.89. The Kier molecular flexibility index (Phi) is 9.56. The van der Waals surface area contributed by atoms with Crippen molar-refractivity contribution < 1.29 is 27.9 Å². The zero-order valence-electron chi connectivity index (χ0n) is 21.3. The number of carbonyl (C=O) groups excluding carboxylic acids is 3. The lowest BCUT2D eigenvalue weighted by molar-refractivity contribution is -0.119. The van der Waals surface area contributed by atoms with Gasteiger partial charge in [-0.25, -0.2) is 13.8 Å². The first-order chi connectivity index (χ1) is 18.5. The summed E-state index contributed by atoms with van der Waals surface area (Å²) in [6.45, 7) is 3.95. The van der Waals surface area contributed by atoms with Crippen LogP contribution in [-0.4, -0.2) is 41.7 Å². The van der Waals surface area contributed by atoms with Gasteiger partial charge in [0.05, 0.1) is 0 Å². The summed E-state index contributed by atoms with van der Waals surface area (Å²) in [7, 11) is 1.40. The number of hydrogen-bond acceptors (Lipinski definition) is 6. The molecule has 0 aliphatic carbocycles. The summed E-state index contributed by atoms with van der Waals surface area (Å²) in [6.07, 6.45) is 2.95. The Bertz CT molecular complexity index is 1400. The number of nitrogens with two attached hydrogens (primary N) is 1. The second-order valence-electron chi connectivity index (χ2n) is 8.79. The minimum absolute atomic E-state index is 0.00831. The van der Waals surface area contributed by atoms with Gasteiger partial charge < -0.3 is 25.6 Å². The number of amides is 3. The van der Waals surface area contributed by atoms with E-state index in [4.69, 9.17) is 22.1 Å². The highest BCUT2D eigenvalue weighted by atomic mass is 35.5. The van der Waals surface area contributed by atoms with Gasteiger partial charge in [0.1, 0.15) is 22.2 Å². The average molecular weight is 558 g/mol.